The van der Waals surface area contributed by atoms with Crippen LogP contribution in [-0.4, -0.2) is 21.9 Å². The number of nitrogens with zero attached hydrogens (tertiary/aromatic N) is 1. The molecule has 1 N–H and O–H groups in total. The van der Waals surface area contributed by atoms with Crippen molar-refractivity contribution in [1.29, 1.82) is 0 Å². The molecule has 2 aliphatic rings. The number of aromatic nitrogens is 2. The molecule has 0 radical (unpaired) electrons. The number of hydrogen-bond acceptors (Lipinski definition) is 3. The van der Waals surface area contributed by atoms with Crippen molar-refractivity contribution >= 4 is 28.4 Å². The van der Waals surface area contributed by atoms with Gasteiger partial charge in [0.15, 0.2) is 11.9 Å². The maximum Gasteiger partial charge on any atom is 0.176 e. The summed E-state index contributed by atoms with van der Waals surface area (Å²) < 4.78 is 6.25. The number of ether oxygens (including phenoxy) is 1. The zero-order valence-electron chi connectivity index (χ0n) is 15.0. The van der Waals surface area contributed by atoms with Gasteiger partial charge in [-0.25, -0.2) is 4.98 Å². The van der Waals surface area contributed by atoms with Gasteiger partial charge in [-0.3, -0.25) is 4.79 Å². The number of carbonyl (C=O) groups excluding carboxylic acids is 1. The van der Waals surface area contributed by atoms with E-state index in [1.54, 1.807) is 6.20 Å². The SMILES string of the molecule is O=C(C1CCCCC1)C1Cc2cc(Cl)cc(-c3ccnc4[nH]ccc34)c2O1. The van der Waals surface area contributed by atoms with Crippen LogP contribution in [0.3, 0.4) is 0 Å². The Hall–Kier alpha value is -2.33. The Kier molecular flexibility index (Phi) is 4.16. The fraction of sp³-hybridized carbons (Fsp3) is 0.364. The molecule has 5 heteroatoms. The van der Waals surface area contributed by atoms with E-state index >= 15 is 0 Å². The number of hydrogen-bond donors (Lipinski definition) is 1. The lowest BCUT2D eigenvalue weighted by Crippen LogP contribution is -2.32. The van der Waals surface area contributed by atoms with Gasteiger partial charge >= 0.3 is 0 Å². The van der Waals surface area contributed by atoms with Crippen LogP contribution in [0.4, 0.5) is 0 Å². The van der Waals surface area contributed by atoms with Gasteiger partial charge in [0.05, 0.1) is 0 Å². The number of H-pyrrole nitrogens is 1. The molecule has 1 saturated carbocycles. The second-order valence-corrected chi connectivity index (χ2v) is 8.02. The predicted molar refractivity (Wildman–Crippen MR) is 106 cm³/mol. The maximum atomic E-state index is 13.0. The van der Waals surface area contributed by atoms with Gasteiger partial charge in [0.1, 0.15) is 11.4 Å². The molecule has 1 unspecified atom stereocenters. The number of ketones is 1. The third-order valence-electron chi connectivity index (χ3n) is 5.87. The fourth-order valence-electron chi connectivity index (χ4n) is 4.53. The third-order valence-corrected chi connectivity index (χ3v) is 6.09. The minimum Gasteiger partial charge on any atom is -0.481 e. The number of fused-ring (bicyclic) bond motifs is 2. The van der Waals surface area contributed by atoms with Crippen molar-refractivity contribution in [2.75, 3.05) is 0 Å². The number of carbonyl (C=O) groups is 1. The highest BCUT2D eigenvalue weighted by molar-refractivity contribution is 6.31. The largest absolute Gasteiger partial charge is 0.481 e. The molecule has 1 aliphatic carbocycles. The fourth-order valence-corrected chi connectivity index (χ4v) is 4.77. The summed E-state index contributed by atoms with van der Waals surface area (Å²) in [5.41, 5.74) is 3.80. The monoisotopic (exact) mass is 380 g/mol. The van der Waals surface area contributed by atoms with E-state index in [-0.39, 0.29) is 17.8 Å². The quantitative estimate of drug-likeness (QED) is 0.667. The van der Waals surface area contributed by atoms with Crippen LogP contribution in [0.1, 0.15) is 37.7 Å². The van der Waals surface area contributed by atoms with E-state index in [4.69, 9.17) is 16.3 Å². The summed E-state index contributed by atoms with van der Waals surface area (Å²) in [6, 6.07) is 7.84. The molecule has 0 saturated heterocycles. The molecule has 3 heterocycles. The number of pyridine rings is 1. The lowest BCUT2D eigenvalue weighted by Gasteiger charge is -2.23. The Morgan fingerprint density at radius 3 is 2.85 bits per heavy atom. The van der Waals surface area contributed by atoms with Crippen LogP contribution in [0.2, 0.25) is 5.02 Å². The van der Waals surface area contributed by atoms with E-state index in [0.717, 1.165) is 59.2 Å². The van der Waals surface area contributed by atoms with Gasteiger partial charge in [0, 0.05) is 46.3 Å². The van der Waals surface area contributed by atoms with Gasteiger partial charge in [-0.05, 0) is 42.7 Å². The zero-order chi connectivity index (χ0) is 18.4. The Bertz CT molecular complexity index is 1020. The number of halogens is 1. The molecule has 2 aromatic heterocycles. The van der Waals surface area contributed by atoms with Crippen molar-refractivity contribution < 1.29 is 9.53 Å². The van der Waals surface area contributed by atoms with Crippen molar-refractivity contribution in [3.63, 3.8) is 0 Å². The lowest BCUT2D eigenvalue weighted by atomic mass is 9.84. The predicted octanol–water partition coefficient (Wildman–Crippen LogP) is 5.34. The number of rotatable bonds is 3. The molecule has 0 amide bonds. The maximum absolute atomic E-state index is 13.0. The molecule has 1 fully saturated rings. The van der Waals surface area contributed by atoms with E-state index in [0.29, 0.717) is 11.4 Å². The average Bonchev–Trinajstić information content (AvgIpc) is 3.34. The van der Waals surface area contributed by atoms with Crippen molar-refractivity contribution in [2.24, 2.45) is 5.92 Å². The summed E-state index contributed by atoms with van der Waals surface area (Å²) in [5.74, 6) is 1.20. The second-order valence-electron chi connectivity index (χ2n) is 7.59. The molecule has 3 aromatic rings. The molecule has 4 nitrogen and oxygen atoms in total. The smallest absolute Gasteiger partial charge is 0.176 e. The summed E-state index contributed by atoms with van der Waals surface area (Å²) in [7, 11) is 0. The summed E-state index contributed by atoms with van der Waals surface area (Å²) in [6.45, 7) is 0. The van der Waals surface area contributed by atoms with Crippen LogP contribution in [0.15, 0.2) is 36.7 Å². The number of Topliss-reactive ketones (excluding diaryl/α,β-unsaturated/α-hetero) is 1. The van der Waals surface area contributed by atoms with Crippen LogP contribution in [0.25, 0.3) is 22.2 Å². The second kappa shape index (κ2) is 6.68. The minimum atomic E-state index is -0.385. The van der Waals surface area contributed by atoms with Gasteiger partial charge in [-0.15, -0.1) is 0 Å². The minimum absolute atomic E-state index is 0.147. The van der Waals surface area contributed by atoms with Gasteiger partial charge in [-0.1, -0.05) is 30.9 Å². The molecule has 138 valence electrons. The molecule has 1 aliphatic heterocycles. The molecule has 5 rings (SSSR count). The normalized spacial score (nSPS) is 19.8. The summed E-state index contributed by atoms with van der Waals surface area (Å²) in [6.07, 6.45) is 9.41. The molecule has 27 heavy (non-hydrogen) atoms. The van der Waals surface area contributed by atoms with Gasteiger partial charge in [-0.2, -0.15) is 0 Å². The molecule has 1 aromatic carbocycles. The van der Waals surface area contributed by atoms with Crippen molar-refractivity contribution in [3.05, 3.63) is 47.2 Å². The number of nitrogens with one attached hydrogen (secondary N) is 1. The van der Waals surface area contributed by atoms with E-state index in [1.807, 2.05) is 30.5 Å². The van der Waals surface area contributed by atoms with E-state index in [1.165, 1.54) is 6.42 Å². The van der Waals surface area contributed by atoms with Crippen LogP contribution >= 0.6 is 11.6 Å². The Morgan fingerprint density at radius 1 is 1.15 bits per heavy atom. The first-order valence-corrected chi connectivity index (χ1v) is 10.0. The molecular weight excluding hydrogens is 360 g/mol. The Morgan fingerprint density at radius 2 is 2.00 bits per heavy atom. The van der Waals surface area contributed by atoms with E-state index in [2.05, 4.69) is 9.97 Å². The van der Waals surface area contributed by atoms with Crippen LogP contribution in [0, 0.1) is 5.92 Å². The summed E-state index contributed by atoms with van der Waals surface area (Å²) >= 11 is 6.42. The number of benzene rings is 1. The van der Waals surface area contributed by atoms with Crippen molar-refractivity contribution in [1.82, 2.24) is 9.97 Å². The summed E-state index contributed by atoms with van der Waals surface area (Å²) in [5, 5.41) is 1.69. The third kappa shape index (κ3) is 2.92. The first kappa shape index (κ1) is 16.8. The Balaban J connectivity index is 1.53. The van der Waals surface area contributed by atoms with Crippen LogP contribution < -0.4 is 4.74 Å². The highest BCUT2D eigenvalue weighted by Gasteiger charge is 2.36. The molecule has 0 spiro atoms. The van der Waals surface area contributed by atoms with Crippen LogP contribution in [0.5, 0.6) is 5.75 Å². The highest BCUT2D eigenvalue weighted by atomic mass is 35.5. The average molecular weight is 381 g/mol. The number of aromatic amines is 1. The first-order valence-electron chi connectivity index (χ1n) is 9.66. The molecule has 1 atom stereocenters. The Labute approximate surface area is 162 Å². The highest BCUT2D eigenvalue weighted by Crippen LogP contribution is 2.43. The molecular formula is C22H21ClN2O2. The van der Waals surface area contributed by atoms with Crippen molar-refractivity contribution in [2.45, 2.75) is 44.6 Å². The van der Waals surface area contributed by atoms with Crippen molar-refractivity contribution in [3.8, 4) is 16.9 Å². The van der Waals surface area contributed by atoms with Gasteiger partial charge in [0.2, 0.25) is 0 Å². The topological polar surface area (TPSA) is 55.0 Å². The lowest BCUT2D eigenvalue weighted by molar-refractivity contribution is -0.130. The zero-order valence-corrected chi connectivity index (χ0v) is 15.8. The standard InChI is InChI=1S/C22H21ClN2O2/c23-15-10-14-11-19(20(26)13-4-2-1-3-5-13)27-21(14)18(12-15)16-6-8-24-22-17(16)7-9-25-22/h6-10,12-13,19H,1-5,11H2,(H,24,25). The summed E-state index contributed by atoms with van der Waals surface area (Å²) in [4.78, 5) is 20.5. The first-order chi connectivity index (χ1) is 13.2. The molecule has 0 bridgehead atoms. The van der Waals surface area contributed by atoms with Crippen LogP contribution in [-0.2, 0) is 11.2 Å². The van der Waals surface area contributed by atoms with E-state index < -0.39 is 0 Å². The van der Waals surface area contributed by atoms with Gasteiger partial charge < -0.3 is 9.72 Å². The van der Waals surface area contributed by atoms with Gasteiger partial charge in [0.25, 0.3) is 0 Å². The van der Waals surface area contributed by atoms with E-state index in [9.17, 15) is 4.79 Å².